The Hall–Kier alpha value is -11.9. The van der Waals surface area contributed by atoms with Crippen LogP contribution in [0.4, 0.5) is 21.0 Å². The number of ether oxygens (including phenoxy) is 3. The van der Waals surface area contributed by atoms with Crippen molar-refractivity contribution in [3.8, 4) is 27.3 Å². The van der Waals surface area contributed by atoms with E-state index in [1.807, 2.05) is 86.9 Å². The maximum atomic E-state index is 14.6. The second-order valence-electron chi connectivity index (χ2n) is 32.3. The summed E-state index contributed by atoms with van der Waals surface area (Å²) in [6, 6.07) is 22.2. The number of thiazole rings is 1. The van der Waals surface area contributed by atoms with E-state index in [2.05, 4.69) is 69.6 Å². The third kappa shape index (κ3) is 25.7. The summed E-state index contributed by atoms with van der Waals surface area (Å²) in [5.74, 6) is 2.24. The Morgan fingerprint density at radius 2 is 1.43 bits per heavy atom. The molecule has 1 saturated heterocycles. The van der Waals surface area contributed by atoms with Crippen molar-refractivity contribution in [2.24, 2.45) is 21.6 Å². The molecular formula is C88H106N16O18S3. The van der Waals surface area contributed by atoms with Crippen molar-refractivity contribution in [3.05, 3.63) is 175 Å². The first-order valence-corrected chi connectivity index (χ1v) is 44.8. The molecule has 3 aromatic heterocycles. The predicted molar refractivity (Wildman–Crippen MR) is 468 cm³/mol. The highest BCUT2D eigenvalue weighted by Gasteiger charge is 2.52. The molecule has 12 N–H and O–H groups in total. The highest BCUT2D eigenvalue weighted by atomic mass is 32.2. The molecule has 12 amide bonds. The molecule has 4 aliphatic rings. The number of carbonyl (C=O) groups excluding carboxylic acids is 11. The Morgan fingerprint density at radius 1 is 0.736 bits per heavy atom. The fourth-order valence-corrected chi connectivity index (χ4v) is 17.2. The van der Waals surface area contributed by atoms with E-state index in [-0.39, 0.29) is 135 Å². The van der Waals surface area contributed by atoms with Crippen molar-refractivity contribution < 1.29 is 85.0 Å². The van der Waals surface area contributed by atoms with Crippen LogP contribution in [0.2, 0.25) is 0 Å². The summed E-state index contributed by atoms with van der Waals surface area (Å²) in [5.41, 5.74) is 14.1. The number of hydrogen-bond donors (Lipinski definition) is 11. The summed E-state index contributed by atoms with van der Waals surface area (Å²) in [6.45, 7) is 14.0. The van der Waals surface area contributed by atoms with Crippen molar-refractivity contribution >= 4 is 115 Å². The molecule has 0 spiro atoms. The Morgan fingerprint density at radius 3 is 2.11 bits per heavy atom. The first kappa shape index (κ1) is 93.8. The van der Waals surface area contributed by atoms with E-state index in [9.17, 15) is 70.8 Å². The van der Waals surface area contributed by atoms with E-state index in [0.29, 0.717) is 77.5 Å². The number of aryl methyl sites for hydroxylation is 4. The normalized spacial score (nSPS) is 16.2. The summed E-state index contributed by atoms with van der Waals surface area (Å²) < 4.78 is 51.4. The molecule has 7 aromatic rings. The lowest BCUT2D eigenvalue weighted by molar-refractivity contribution is -0.151. The van der Waals surface area contributed by atoms with Crippen LogP contribution in [0, 0.1) is 50.4 Å². The number of nitrogens with zero attached hydrogens (tertiary/aromatic N) is 7. The van der Waals surface area contributed by atoms with Crippen LogP contribution < -0.4 is 48.3 Å². The number of fused-ring (bicyclic) bond motifs is 3. The van der Waals surface area contributed by atoms with Crippen molar-refractivity contribution in [2.75, 3.05) is 75.5 Å². The van der Waals surface area contributed by atoms with Gasteiger partial charge in [-0.25, -0.2) is 14.6 Å². The number of anilines is 2. The molecule has 37 heteroatoms. The van der Waals surface area contributed by atoms with Gasteiger partial charge in [-0.1, -0.05) is 93.6 Å². The molecule has 1 aliphatic carbocycles. The molecule has 664 valence electrons. The third-order valence-electron chi connectivity index (χ3n) is 21.9. The van der Waals surface area contributed by atoms with Crippen molar-refractivity contribution in [1.29, 1.82) is 0 Å². The summed E-state index contributed by atoms with van der Waals surface area (Å²) in [5, 5.41) is 42.7. The van der Waals surface area contributed by atoms with E-state index in [1.54, 1.807) is 74.0 Å². The van der Waals surface area contributed by atoms with E-state index in [4.69, 9.17) is 24.9 Å². The SMILES string of the molecule is Cc1ncsc1-c1ccc(CNC(=O)[C@@H]2C[C@@H](O)CN2C(=O)[C@@H](NC(=O)CCc2cc(CCOCCOCC#Cc3ccc(C4=N[C@@H](CC(=O)NCCS(=O)(=O)O)c5nnc(C)n5-c5sc(C)c(C)c54)cc3)cc(NC(=O)OCc3ccc(NC(=O)[C@H](CCCNC(N)=O)NC(=O)C4(C(=O)NCCCCCN5C(=O)C=CC5=O)CCC4)cc3)c2)C(C)(C)C)cc1. The average molecular weight is 1770 g/mol. The van der Waals surface area contributed by atoms with Crippen molar-refractivity contribution in [1.82, 2.24) is 61.4 Å². The lowest BCUT2D eigenvalue weighted by atomic mass is 9.67. The number of unbranched alkanes of at least 4 members (excludes halogenated alkanes) is 2. The largest absolute Gasteiger partial charge is 0.444 e. The number of likely N-dealkylation sites (tertiary alicyclic amines) is 1. The topological polar surface area (TPSA) is 475 Å². The number of carbonyl (C=O) groups is 11. The number of β-amino-alcohol motifs (C(OH)–C–C–N with tert-alkyl or cyclic N) is 1. The summed E-state index contributed by atoms with van der Waals surface area (Å²) >= 11 is 3.09. The number of hydrogen-bond acceptors (Lipinski definition) is 23. The van der Waals surface area contributed by atoms with Crippen LogP contribution in [0.3, 0.4) is 0 Å². The number of rotatable bonds is 40. The number of nitrogens with two attached hydrogens (primary N) is 1. The van der Waals surface area contributed by atoms with Crippen LogP contribution in [0.15, 0.2) is 114 Å². The molecule has 0 unspecified atom stereocenters. The van der Waals surface area contributed by atoms with Crippen LogP contribution in [0.25, 0.3) is 15.4 Å². The molecule has 5 atom stereocenters. The minimum absolute atomic E-state index is 0.00602. The number of nitrogens with one attached hydrogen (secondary N) is 8. The van der Waals surface area contributed by atoms with Crippen LogP contribution in [-0.4, -0.2) is 208 Å². The van der Waals surface area contributed by atoms with E-state index in [0.717, 1.165) is 58.7 Å². The average Bonchev–Trinajstić information content (AvgIpc) is 1.59. The van der Waals surface area contributed by atoms with Gasteiger partial charge in [-0.05, 0) is 161 Å². The number of benzene rings is 4. The number of primary amides is 1. The Labute approximate surface area is 732 Å². The van der Waals surface area contributed by atoms with Crippen molar-refractivity contribution in [3.63, 3.8) is 0 Å². The van der Waals surface area contributed by atoms with Gasteiger partial charge in [-0.15, -0.1) is 32.9 Å². The van der Waals surface area contributed by atoms with Gasteiger partial charge >= 0.3 is 12.1 Å². The van der Waals surface area contributed by atoms with Gasteiger partial charge in [0.15, 0.2) is 5.82 Å². The maximum Gasteiger partial charge on any atom is 0.411 e. The molecule has 2 fully saturated rings. The van der Waals surface area contributed by atoms with Gasteiger partial charge in [-0.3, -0.25) is 67.5 Å². The molecule has 0 bridgehead atoms. The van der Waals surface area contributed by atoms with Crippen molar-refractivity contribution in [2.45, 2.75) is 175 Å². The highest BCUT2D eigenvalue weighted by molar-refractivity contribution is 7.85. The van der Waals surface area contributed by atoms with Gasteiger partial charge in [0, 0.05) is 97.2 Å². The van der Waals surface area contributed by atoms with Gasteiger partial charge in [0.1, 0.15) is 53.6 Å². The van der Waals surface area contributed by atoms with Gasteiger partial charge in [0.25, 0.3) is 21.9 Å². The lowest BCUT2D eigenvalue weighted by Crippen LogP contribution is -2.58. The van der Waals surface area contributed by atoms with Gasteiger partial charge in [-0.2, -0.15) is 8.42 Å². The second-order valence-corrected chi connectivity index (χ2v) is 35.9. The fourth-order valence-electron chi connectivity index (χ4n) is 14.9. The number of aliphatic hydroxyl groups excluding tert-OH is 1. The zero-order valence-electron chi connectivity index (χ0n) is 70.8. The number of aliphatic hydroxyl groups is 1. The molecule has 6 heterocycles. The lowest BCUT2D eigenvalue weighted by Gasteiger charge is -2.39. The predicted octanol–water partition coefficient (Wildman–Crippen LogP) is 7.34. The van der Waals surface area contributed by atoms with Crippen LogP contribution >= 0.6 is 22.7 Å². The summed E-state index contributed by atoms with van der Waals surface area (Å²) in [4.78, 5) is 161. The number of amides is 12. The number of aromatic nitrogens is 4. The zero-order chi connectivity index (χ0) is 89.7. The van der Waals surface area contributed by atoms with Crippen LogP contribution in [0.1, 0.15) is 164 Å². The van der Waals surface area contributed by atoms with Crippen LogP contribution in [0.5, 0.6) is 0 Å². The van der Waals surface area contributed by atoms with Gasteiger partial charge in [0.2, 0.25) is 41.4 Å². The quantitative estimate of drug-likeness (QED) is 0.00588. The first-order valence-electron chi connectivity index (χ1n) is 41.5. The number of thiophene rings is 1. The molecule has 1 saturated carbocycles. The molecule has 11 rings (SSSR count). The summed E-state index contributed by atoms with van der Waals surface area (Å²) in [6.07, 6.45) is 3.97. The first-order chi connectivity index (χ1) is 59.7. The number of imide groups is 1. The monoisotopic (exact) mass is 1770 g/mol. The molecule has 125 heavy (non-hydrogen) atoms. The third-order valence-corrected chi connectivity index (χ3v) is 24.8. The van der Waals surface area contributed by atoms with Gasteiger partial charge < -0.3 is 67.2 Å². The van der Waals surface area contributed by atoms with Gasteiger partial charge in [0.05, 0.1) is 59.9 Å². The maximum absolute atomic E-state index is 14.6. The fraction of sp³-hybridized carbons (Fsp3) is 0.443. The minimum Gasteiger partial charge on any atom is -0.444 e. The molecular weight excluding hydrogens is 1670 g/mol. The smallest absolute Gasteiger partial charge is 0.411 e. The zero-order valence-corrected chi connectivity index (χ0v) is 73.3. The highest BCUT2D eigenvalue weighted by Crippen LogP contribution is 2.43. The molecule has 3 aliphatic heterocycles. The molecule has 0 radical (unpaired) electrons. The number of aliphatic imine (C=N–C) groups is 1. The number of urea groups is 1. The second kappa shape index (κ2) is 43.1. The molecule has 4 aromatic carbocycles. The minimum atomic E-state index is -4.30. The summed E-state index contributed by atoms with van der Waals surface area (Å²) in [7, 11) is -4.30. The van der Waals surface area contributed by atoms with E-state index >= 15 is 0 Å². The molecule has 34 nitrogen and oxygen atoms in total. The van der Waals surface area contributed by atoms with E-state index < -0.39 is 110 Å². The standard InChI is InChI=1S/C88H106N16O18S3/c1-53-55(3)124-82-74(53)75(97-68(78-101-100-56(4)104(78)82)48-71(107)90-37-43-125(117,118)119)62-23-16-57(17-24-62)14-12-39-120-41-42-121-40-32-61-44-60(22-29-70(106)99-77(87(5,6)7)81(112)103-50-66(105)47-69(103)80(111)93-49-58-18-25-63(26-19-58)76-54(2)94-52-123-76)45-65(46-61)96-86(116)122-51-59-20-27-64(28-21-59)95-79(110)67(15-11-36-92-85(89)115)98-84(114)88(33-13-34-88)83(113)91-35-9-8-10-38-102-72(108)30-31-73(102)109/h16-21,23-28,30-31,44-46,52,66-69,77,105H,8-11,13,15,22,29,32-43,47-51H2,1-7H3,(H,90,107)(H,91,113)(H,93,111)(H,95,110)(H,96,116)(H,98,114)(H,99,106)(H3,89,92,115)(H,117,118,119)/t66-,67+,68+,69+,77-/m1/s1. The van der Waals surface area contributed by atoms with E-state index in [1.165, 1.54) is 28.4 Å². The Kier molecular flexibility index (Phi) is 32.3. The Bertz CT molecular complexity index is 5360. The van der Waals surface area contributed by atoms with Crippen LogP contribution in [-0.2, 0) is 93.5 Å². The Balaban J connectivity index is 0.701.